The first-order valence-corrected chi connectivity index (χ1v) is 25.4. The van der Waals surface area contributed by atoms with Gasteiger partial charge in [0, 0.05) is 6.92 Å². The van der Waals surface area contributed by atoms with Gasteiger partial charge < -0.3 is 62.8 Å². The summed E-state index contributed by atoms with van der Waals surface area (Å²) in [6.45, 7) is 2.75. The van der Waals surface area contributed by atoms with Gasteiger partial charge in [-0.25, -0.2) is 32.7 Å². The van der Waals surface area contributed by atoms with Crippen LogP contribution in [0, 0.1) is 20.8 Å². The van der Waals surface area contributed by atoms with Gasteiger partial charge in [0.1, 0.15) is 18.8 Å². The second kappa shape index (κ2) is 25.7. The van der Waals surface area contributed by atoms with Gasteiger partial charge in [-0.3, -0.25) is 13.9 Å². The van der Waals surface area contributed by atoms with Gasteiger partial charge in [-0.05, 0) is 62.7 Å². The van der Waals surface area contributed by atoms with E-state index < -0.39 is 135 Å². The van der Waals surface area contributed by atoms with Crippen molar-refractivity contribution in [2.24, 2.45) is 0 Å². The van der Waals surface area contributed by atoms with E-state index >= 15 is 0 Å². The topological polar surface area (TPSA) is 348 Å². The van der Waals surface area contributed by atoms with E-state index in [1.54, 1.807) is 87.5 Å². The summed E-state index contributed by atoms with van der Waals surface area (Å²) in [6, 6.07) is 24.1. The minimum absolute atomic E-state index is 0.0740. The molecule has 0 radical (unpaired) electrons. The number of aryl methyl sites for hydroxylation is 3. The Kier molecular flexibility index (Phi) is 19.7. The molecular formula is C48H52NO24PS. The summed E-state index contributed by atoms with van der Waals surface area (Å²) in [5.74, 6) is -6.18. The summed E-state index contributed by atoms with van der Waals surface area (Å²) in [4.78, 5) is 100. The van der Waals surface area contributed by atoms with Crippen molar-refractivity contribution in [1.82, 2.24) is 5.32 Å². The summed E-state index contributed by atoms with van der Waals surface area (Å²) < 4.78 is 108. The first-order chi connectivity index (χ1) is 35.4. The molecule has 0 unspecified atom stereocenters. The van der Waals surface area contributed by atoms with Crippen LogP contribution in [0.1, 0.15) is 60.3 Å². The molecule has 2 heterocycles. The minimum Gasteiger partial charge on any atom is -0.480 e. The van der Waals surface area contributed by atoms with Gasteiger partial charge in [-0.1, -0.05) is 83.4 Å². The third-order valence-corrected chi connectivity index (χ3v) is 12.0. The number of hydrogen-bond acceptors (Lipinski definition) is 20. The van der Waals surface area contributed by atoms with Gasteiger partial charge in [0.15, 0.2) is 49.1 Å². The van der Waals surface area contributed by atoms with Crippen molar-refractivity contribution >= 4 is 54.2 Å². The number of carboxylic acids is 1. The predicted octanol–water partition coefficient (Wildman–Crippen LogP) is 3.68. The molecule has 1 amide bonds. The highest BCUT2D eigenvalue weighted by Crippen LogP contribution is 2.43. The van der Waals surface area contributed by atoms with Crippen molar-refractivity contribution in [3.8, 4) is 0 Å². The number of phosphoric acid groups is 1. The van der Waals surface area contributed by atoms with E-state index in [-0.39, 0.29) is 23.3 Å². The van der Waals surface area contributed by atoms with Crippen LogP contribution < -0.4 is 5.32 Å². The van der Waals surface area contributed by atoms with Crippen LogP contribution in [0.2, 0.25) is 0 Å². The van der Waals surface area contributed by atoms with E-state index in [9.17, 15) is 61.2 Å². The predicted molar refractivity (Wildman–Crippen MR) is 252 cm³/mol. The van der Waals surface area contributed by atoms with E-state index in [0.29, 0.717) is 5.56 Å². The van der Waals surface area contributed by atoms with Gasteiger partial charge in [-0.2, -0.15) is 8.42 Å². The Morgan fingerprint density at radius 3 is 1.68 bits per heavy atom. The summed E-state index contributed by atoms with van der Waals surface area (Å²) in [5, 5.41) is 12.0. The van der Waals surface area contributed by atoms with Crippen LogP contribution in [0.3, 0.4) is 0 Å². The zero-order chi connectivity index (χ0) is 54.6. The molecule has 5 N–H and O–H groups in total. The normalized spacial score (nSPS) is 23.2. The number of benzene rings is 4. The van der Waals surface area contributed by atoms with Gasteiger partial charge >= 0.3 is 54.2 Å². The lowest BCUT2D eigenvalue weighted by Crippen LogP contribution is -2.65. The second-order valence-electron chi connectivity index (χ2n) is 16.9. The zero-order valence-corrected chi connectivity index (χ0v) is 41.9. The largest absolute Gasteiger partial charge is 0.480 e. The van der Waals surface area contributed by atoms with E-state index in [4.69, 9.17) is 47.2 Å². The Morgan fingerprint density at radius 1 is 0.693 bits per heavy atom. The quantitative estimate of drug-likeness (QED) is 0.0344. The molecule has 2 saturated heterocycles. The number of amides is 1. The van der Waals surface area contributed by atoms with E-state index in [0.717, 1.165) is 23.6 Å². The maximum atomic E-state index is 14.1. The molecule has 0 bridgehead atoms. The average Bonchev–Trinajstić information content (AvgIpc) is 3.34. The number of ether oxygens (including phenoxy) is 9. The molecule has 404 valence electrons. The van der Waals surface area contributed by atoms with Gasteiger partial charge in [0.25, 0.3) is 0 Å². The number of hydrogen-bond donors (Lipinski definition) is 5. The smallest absolute Gasteiger partial charge is 0.470 e. The van der Waals surface area contributed by atoms with Crippen LogP contribution in [0.15, 0.2) is 103 Å². The molecule has 27 heteroatoms. The average molecular weight is 1090 g/mol. The van der Waals surface area contributed by atoms with Crippen LogP contribution in [-0.2, 0) is 82.5 Å². The fourth-order valence-corrected chi connectivity index (χ4v) is 8.22. The lowest BCUT2D eigenvalue weighted by molar-refractivity contribution is -0.340. The van der Waals surface area contributed by atoms with Crippen molar-refractivity contribution in [1.29, 1.82) is 0 Å². The molecule has 25 nitrogen and oxygen atoms in total. The molecular weight excluding hydrogens is 1040 g/mol. The number of carbonyl (C=O) groups is 6. The number of carboxylic acid groups (broad SMARTS) is 1. The number of aliphatic carboxylic acids is 1. The molecule has 2 fully saturated rings. The maximum absolute atomic E-state index is 14.1. The number of carbonyl (C=O) groups excluding carboxylic acids is 5. The Bertz CT molecular complexity index is 2790. The summed E-state index contributed by atoms with van der Waals surface area (Å²) in [7, 11) is -11.0. The number of esters is 4. The monoisotopic (exact) mass is 1090 g/mol. The first-order valence-electron chi connectivity index (χ1n) is 22.5. The first kappa shape index (κ1) is 57.6. The molecule has 6 rings (SSSR count). The minimum atomic E-state index is -5.68. The number of phosphoric ester groups is 1. The highest BCUT2D eigenvalue weighted by Gasteiger charge is 2.56. The summed E-state index contributed by atoms with van der Waals surface area (Å²) in [5.41, 5.74) is 2.49. The molecule has 0 aliphatic carbocycles. The molecule has 2 aliphatic heterocycles. The van der Waals surface area contributed by atoms with Crippen LogP contribution in [0.4, 0.5) is 4.79 Å². The van der Waals surface area contributed by atoms with E-state index in [1.165, 1.54) is 36.4 Å². The van der Waals surface area contributed by atoms with E-state index in [2.05, 4.69) is 9.50 Å². The third-order valence-electron chi connectivity index (χ3n) is 11.0. The fourth-order valence-electron chi connectivity index (χ4n) is 7.37. The van der Waals surface area contributed by atoms with Crippen molar-refractivity contribution in [2.75, 3.05) is 19.8 Å². The van der Waals surface area contributed by atoms with E-state index in [1.807, 2.05) is 0 Å². The molecule has 0 spiro atoms. The molecule has 0 saturated carbocycles. The Balaban J connectivity index is 1.39. The van der Waals surface area contributed by atoms with Crippen LogP contribution in [-0.4, -0.2) is 145 Å². The van der Waals surface area contributed by atoms with Crippen molar-refractivity contribution in [3.05, 3.63) is 142 Å². The molecule has 0 aromatic heterocycles. The Hall–Kier alpha value is -6.68. The molecule has 2 aliphatic rings. The van der Waals surface area contributed by atoms with Crippen molar-refractivity contribution in [3.63, 3.8) is 0 Å². The zero-order valence-electron chi connectivity index (χ0n) is 40.2. The van der Waals surface area contributed by atoms with Crippen molar-refractivity contribution in [2.45, 2.75) is 95.7 Å². The van der Waals surface area contributed by atoms with Crippen LogP contribution in [0.5, 0.6) is 0 Å². The molecule has 4 aromatic rings. The number of nitrogens with one attached hydrogen (secondary N) is 1. The molecule has 10 atom stereocenters. The van der Waals surface area contributed by atoms with Gasteiger partial charge in [-0.15, -0.1) is 0 Å². The fraction of sp³-hybridized carbons (Fsp3) is 0.375. The summed E-state index contributed by atoms with van der Waals surface area (Å²) >= 11 is 0. The van der Waals surface area contributed by atoms with Crippen LogP contribution >= 0.6 is 7.82 Å². The SMILES string of the molecule is CC(=O)O[C@@H]1[C@@H](OP(=O)(O)O)[C@H](OC[C@H](NC(=O)OCc2ccccc2)C(=O)O)OC[C@H]1O[C@@H]1O[C@H](COS(=O)(=O)O)[C@H](OC(=O)c2ccc(C)cc2)[C@H](OC(=O)c2ccc(C)cc2)[C@H]1OC(=O)c1ccc(C)cc1. The standard InChI is InChI=1S/C48H52NO24PS/c1-26-10-16-31(17-11-26)43(53)70-37-36(25-66-75(60,61)62)69-47(40(72-45(55)33-20-14-28(3)15-21-33)39(37)71-44(54)32-18-12-27(2)13-19-32)68-35-24-64-46(41(73-74(57,58)59)38(35)67-29(4)50)63-23-34(42(51)52)49-48(56)65-22-30-8-6-5-7-9-30/h5-21,34-41,46-47H,22-25H2,1-4H3,(H,49,56)(H,51,52)(H2,57,58,59)(H,60,61,62)/t34-,35+,36+,37-,38-,39-,40+,41+,46+,47+/m0/s1. The van der Waals surface area contributed by atoms with Gasteiger partial charge in [0.2, 0.25) is 0 Å². The lowest BCUT2D eigenvalue weighted by atomic mass is 9.97. The second-order valence-corrected chi connectivity index (χ2v) is 19.2. The van der Waals surface area contributed by atoms with Crippen molar-refractivity contribution < 1.29 is 113 Å². The highest BCUT2D eigenvalue weighted by molar-refractivity contribution is 7.80. The molecule has 4 aromatic carbocycles. The summed E-state index contributed by atoms with van der Waals surface area (Å²) in [6.07, 6.45) is -19.8. The Morgan fingerprint density at radius 2 is 1.20 bits per heavy atom. The van der Waals surface area contributed by atoms with Crippen LogP contribution in [0.25, 0.3) is 0 Å². The molecule has 75 heavy (non-hydrogen) atoms. The number of rotatable bonds is 21. The lowest BCUT2D eigenvalue weighted by Gasteiger charge is -2.47. The number of alkyl carbamates (subject to hydrolysis) is 1. The van der Waals surface area contributed by atoms with Gasteiger partial charge in [0.05, 0.1) is 36.5 Å². The highest BCUT2D eigenvalue weighted by atomic mass is 32.3. The Labute approximate surface area is 428 Å². The maximum Gasteiger partial charge on any atom is 0.470 e. The third kappa shape index (κ3) is 17.2.